The van der Waals surface area contributed by atoms with Gasteiger partial charge in [0.1, 0.15) is 17.3 Å². The first-order chi connectivity index (χ1) is 14.9. The molecule has 4 rings (SSSR count). The molecule has 0 saturated heterocycles. The Labute approximate surface area is 180 Å². The van der Waals surface area contributed by atoms with Gasteiger partial charge < -0.3 is 10.3 Å². The molecule has 2 heterocycles. The number of alkyl halides is 2. The zero-order valence-corrected chi connectivity index (χ0v) is 17.2. The summed E-state index contributed by atoms with van der Waals surface area (Å²) in [6.45, 7) is -0.964. The van der Waals surface area contributed by atoms with Crippen LogP contribution in [0.15, 0.2) is 54.7 Å². The van der Waals surface area contributed by atoms with Gasteiger partial charge in [-0.2, -0.15) is 8.78 Å². The fourth-order valence-corrected chi connectivity index (χ4v) is 3.69. The molecule has 1 atom stereocenters. The Bertz CT molecular complexity index is 1290. The van der Waals surface area contributed by atoms with Crippen LogP contribution in [0.2, 0.25) is 0 Å². The molecule has 0 bridgehead atoms. The van der Waals surface area contributed by atoms with Gasteiger partial charge in [0, 0.05) is 24.3 Å². The van der Waals surface area contributed by atoms with Crippen LogP contribution in [0.4, 0.5) is 13.2 Å². The van der Waals surface area contributed by atoms with E-state index in [0.29, 0.717) is 16.7 Å². The molecule has 4 aromatic rings. The van der Waals surface area contributed by atoms with Crippen LogP contribution in [0.25, 0.3) is 16.7 Å². The van der Waals surface area contributed by atoms with Crippen LogP contribution in [0.1, 0.15) is 35.7 Å². The SMILES string of the molecule is C[C@H](CNC(=O)c1c[nH]c(=S)n1-c1ccc(F)cc1)c1nc2ccccc2n1C(F)F. The standard InChI is InChI=1S/C21H18F3N5OS/c1-12(18-27-15-4-2-3-5-16(15)29(18)20(23)24)10-25-19(30)17-11-26-21(31)28(17)14-8-6-13(22)7-9-14/h2-9,11-12,20H,10H2,1H3,(H,25,30)(H,26,31)/t12-/m1/s1. The normalized spacial score (nSPS) is 12.4. The van der Waals surface area contributed by atoms with E-state index in [2.05, 4.69) is 15.3 Å². The number of aromatic nitrogens is 4. The van der Waals surface area contributed by atoms with E-state index in [1.807, 2.05) is 0 Å². The summed E-state index contributed by atoms with van der Waals surface area (Å²) in [6, 6.07) is 12.2. The van der Waals surface area contributed by atoms with Crippen molar-refractivity contribution in [3.8, 4) is 5.69 Å². The number of fused-ring (bicyclic) bond motifs is 1. The highest BCUT2D eigenvalue weighted by Crippen LogP contribution is 2.27. The Balaban J connectivity index is 1.57. The largest absolute Gasteiger partial charge is 0.350 e. The Hall–Kier alpha value is -3.40. The summed E-state index contributed by atoms with van der Waals surface area (Å²) in [4.78, 5) is 19.9. The van der Waals surface area contributed by atoms with Crippen molar-refractivity contribution in [2.24, 2.45) is 0 Å². The third kappa shape index (κ3) is 3.98. The molecule has 31 heavy (non-hydrogen) atoms. The number of amides is 1. The zero-order chi connectivity index (χ0) is 22.1. The smallest absolute Gasteiger partial charge is 0.320 e. The van der Waals surface area contributed by atoms with Gasteiger partial charge in [-0.1, -0.05) is 19.1 Å². The molecule has 160 valence electrons. The fourth-order valence-electron chi connectivity index (χ4n) is 3.43. The Kier molecular flexibility index (Phi) is 5.64. The van der Waals surface area contributed by atoms with E-state index >= 15 is 0 Å². The summed E-state index contributed by atoms with van der Waals surface area (Å²) in [5, 5.41) is 2.74. The second-order valence-electron chi connectivity index (χ2n) is 7.01. The Morgan fingerprint density at radius 1 is 1.19 bits per heavy atom. The lowest BCUT2D eigenvalue weighted by atomic mass is 10.1. The maximum absolute atomic E-state index is 13.7. The molecule has 10 heteroatoms. The van der Waals surface area contributed by atoms with Gasteiger partial charge in [-0.3, -0.25) is 13.9 Å². The molecule has 0 aliphatic heterocycles. The maximum Gasteiger partial charge on any atom is 0.320 e. The van der Waals surface area contributed by atoms with Gasteiger partial charge >= 0.3 is 6.55 Å². The number of carbonyl (C=O) groups is 1. The number of rotatable bonds is 6. The van der Waals surface area contributed by atoms with Crippen LogP contribution in [-0.4, -0.2) is 31.6 Å². The number of H-pyrrole nitrogens is 1. The third-order valence-electron chi connectivity index (χ3n) is 4.92. The fraction of sp³-hybridized carbons (Fsp3) is 0.190. The lowest BCUT2D eigenvalue weighted by Gasteiger charge is -2.15. The minimum Gasteiger partial charge on any atom is -0.350 e. The topological polar surface area (TPSA) is 67.6 Å². The van der Waals surface area contributed by atoms with Crippen molar-refractivity contribution in [3.63, 3.8) is 0 Å². The van der Waals surface area contributed by atoms with E-state index in [-0.39, 0.29) is 22.8 Å². The van der Waals surface area contributed by atoms with Crippen molar-refractivity contribution < 1.29 is 18.0 Å². The zero-order valence-electron chi connectivity index (χ0n) is 16.3. The lowest BCUT2D eigenvalue weighted by Crippen LogP contribution is -2.30. The molecule has 0 unspecified atom stereocenters. The molecular formula is C21H18F3N5OS. The molecule has 0 fully saturated rings. The van der Waals surface area contributed by atoms with Crippen LogP contribution in [0.3, 0.4) is 0 Å². The number of imidazole rings is 2. The average molecular weight is 445 g/mol. The van der Waals surface area contributed by atoms with E-state index < -0.39 is 24.2 Å². The second-order valence-corrected chi connectivity index (χ2v) is 7.40. The first-order valence-corrected chi connectivity index (χ1v) is 9.87. The molecule has 0 aliphatic carbocycles. The monoisotopic (exact) mass is 445 g/mol. The van der Waals surface area contributed by atoms with E-state index in [9.17, 15) is 18.0 Å². The van der Waals surface area contributed by atoms with Gasteiger partial charge in [-0.15, -0.1) is 0 Å². The quantitative estimate of drug-likeness (QED) is 0.413. The molecule has 1 amide bonds. The predicted octanol–water partition coefficient (Wildman–Crippen LogP) is 4.95. The molecule has 2 aromatic carbocycles. The number of carbonyl (C=O) groups excluding carboxylic acids is 1. The second kappa shape index (κ2) is 8.38. The summed E-state index contributed by atoms with van der Waals surface area (Å²) in [7, 11) is 0. The van der Waals surface area contributed by atoms with Gasteiger partial charge in [0.25, 0.3) is 5.91 Å². The third-order valence-corrected chi connectivity index (χ3v) is 5.22. The predicted molar refractivity (Wildman–Crippen MR) is 113 cm³/mol. The highest BCUT2D eigenvalue weighted by atomic mass is 32.1. The number of hydrogen-bond acceptors (Lipinski definition) is 3. The van der Waals surface area contributed by atoms with Gasteiger partial charge in [0.15, 0.2) is 4.77 Å². The van der Waals surface area contributed by atoms with Crippen molar-refractivity contribution in [2.45, 2.75) is 19.4 Å². The molecule has 0 spiro atoms. The van der Waals surface area contributed by atoms with Gasteiger partial charge in [-0.25, -0.2) is 9.37 Å². The number of nitrogens with zero attached hydrogens (tertiary/aromatic N) is 3. The van der Waals surface area contributed by atoms with Gasteiger partial charge in [0.05, 0.1) is 11.0 Å². The number of nitrogens with one attached hydrogen (secondary N) is 2. The van der Waals surface area contributed by atoms with Crippen molar-refractivity contribution in [2.75, 3.05) is 6.54 Å². The first-order valence-electron chi connectivity index (χ1n) is 9.46. The van der Waals surface area contributed by atoms with E-state index in [4.69, 9.17) is 12.2 Å². The summed E-state index contributed by atoms with van der Waals surface area (Å²) in [5.41, 5.74) is 1.53. The average Bonchev–Trinajstić information content (AvgIpc) is 3.33. The summed E-state index contributed by atoms with van der Waals surface area (Å²) in [5.74, 6) is -1.16. The molecule has 6 nitrogen and oxygen atoms in total. The molecule has 2 aromatic heterocycles. The number of hydrogen-bond donors (Lipinski definition) is 2. The Morgan fingerprint density at radius 3 is 2.61 bits per heavy atom. The number of halogens is 3. The number of para-hydroxylation sites is 2. The first kappa shape index (κ1) is 20.9. The van der Waals surface area contributed by atoms with Crippen molar-refractivity contribution in [1.29, 1.82) is 0 Å². The highest BCUT2D eigenvalue weighted by Gasteiger charge is 2.23. The summed E-state index contributed by atoms with van der Waals surface area (Å²) < 4.78 is 43.2. The minimum absolute atomic E-state index is 0.0796. The summed E-state index contributed by atoms with van der Waals surface area (Å²) in [6.07, 6.45) is 1.44. The molecule has 0 saturated carbocycles. The molecule has 0 aliphatic rings. The lowest BCUT2D eigenvalue weighted by molar-refractivity contribution is 0.0703. The highest BCUT2D eigenvalue weighted by molar-refractivity contribution is 7.71. The minimum atomic E-state index is -2.76. The molecule has 0 radical (unpaired) electrons. The van der Waals surface area contributed by atoms with Crippen molar-refractivity contribution in [3.05, 3.63) is 76.8 Å². The van der Waals surface area contributed by atoms with E-state index in [0.717, 1.165) is 4.57 Å². The van der Waals surface area contributed by atoms with Crippen LogP contribution >= 0.6 is 12.2 Å². The molecule has 2 N–H and O–H groups in total. The van der Waals surface area contributed by atoms with Gasteiger partial charge in [-0.05, 0) is 48.6 Å². The van der Waals surface area contributed by atoms with E-state index in [1.165, 1.54) is 35.0 Å². The number of benzene rings is 2. The van der Waals surface area contributed by atoms with Crippen LogP contribution in [0.5, 0.6) is 0 Å². The van der Waals surface area contributed by atoms with Gasteiger partial charge in [0.2, 0.25) is 0 Å². The van der Waals surface area contributed by atoms with Crippen LogP contribution in [0, 0.1) is 10.6 Å². The van der Waals surface area contributed by atoms with Crippen LogP contribution in [-0.2, 0) is 0 Å². The molecular weight excluding hydrogens is 427 g/mol. The summed E-state index contributed by atoms with van der Waals surface area (Å²) >= 11 is 5.24. The van der Waals surface area contributed by atoms with E-state index in [1.54, 1.807) is 31.2 Å². The van der Waals surface area contributed by atoms with Crippen molar-refractivity contribution in [1.82, 2.24) is 24.4 Å². The van der Waals surface area contributed by atoms with Crippen molar-refractivity contribution >= 4 is 29.2 Å². The van der Waals surface area contributed by atoms with Crippen LogP contribution < -0.4 is 5.32 Å². The maximum atomic E-state index is 13.7. The Morgan fingerprint density at radius 2 is 1.90 bits per heavy atom. The number of aromatic amines is 1.